The number of nitrogens with zero attached hydrogens (tertiary/aromatic N) is 1. The largest absolute Gasteiger partial charge is 0.381 e. The summed E-state index contributed by atoms with van der Waals surface area (Å²) in [6.45, 7) is 4.40. The van der Waals surface area contributed by atoms with Gasteiger partial charge in [-0.15, -0.1) is 11.3 Å². The Balaban J connectivity index is 2.05. The molecule has 3 rings (SSSR count). The third-order valence-electron chi connectivity index (χ3n) is 3.85. The van der Waals surface area contributed by atoms with Crippen molar-refractivity contribution >= 4 is 33.8 Å². The fourth-order valence-corrected chi connectivity index (χ4v) is 3.62. The number of H-pyrrole nitrogens is 1. The summed E-state index contributed by atoms with van der Waals surface area (Å²) in [5.74, 6) is 0. The highest BCUT2D eigenvalue weighted by atomic mass is 32.1. The van der Waals surface area contributed by atoms with Gasteiger partial charge in [0.05, 0.1) is 5.39 Å². The second kappa shape index (κ2) is 4.85. The van der Waals surface area contributed by atoms with Crippen molar-refractivity contribution in [2.75, 3.05) is 13.2 Å². The Morgan fingerprint density at radius 3 is 3.00 bits per heavy atom. The van der Waals surface area contributed by atoms with Crippen LogP contribution in [0, 0.1) is 10.2 Å². The Morgan fingerprint density at radius 2 is 2.26 bits per heavy atom. The number of thiophene rings is 1. The Bertz CT molecular complexity index is 707. The number of aromatic amines is 1. The summed E-state index contributed by atoms with van der Waals surface area (Å²) >= 11 is 6.85. The number of ether oxygens (including phenoxy) is 1. The van der Waals surface area contributed by atoms with E-state index < -0.39 is 0 Å². The maximum Gasteiger partial charge on any atom is 0.263 e. The zero-order chi connectivity index (χ0) is 13.5. The van der Waals surface area contributed by atoms with Crippen LogP contribution in [0.5, 0.6) is 0 Å². The number of nitrogens with one attached hydrogen (secondary N) is 1. The monoisotopic (exact) mass is 296 g/mol. The van der Waals surface area contributed by atoms with Gasteiger partial charge >= 0.3 is 0 Å². The van der Waals surface area contributed by atoms with Crippen molar-refractivity contribution in [1.29, 1.82) is 0 Å². The van der Waals surface area contributed by atoms with E-state index in [4.69, 9.17) is 17.0 Å². The highest BCUT2D eigenvalue weighted by Gasteiger charge is 2.28. The van der Waals surface area contributed by atoms with Gasteiger partial charge in [0, 0.05) is 19.8 Å². The van der Waals surface area contributed by atoms with Gasteiger partial charge in [0.1, 0.15) is 4.83 Å². The SMILES string of the molecule is CC1(Cn2c(=S)[nH]c3sccc3c2=O)CCOCC1. The molecule has 0 radical (unpaired) electrons. The van der Waals surface area contributed by atoms with Gasteiger partial charge in [-0.2, -0.15) is 0 Å². The summed E-state index contributed by atoms with van der Waals surface area (Å²) in [6.07, 6.45) is 1.94. The molecule has 1 N–H and O–H groups in total. The number of hydrogen-bond donors (Lipinski definition) is 1. The predicted octanol–water partition coefficient (Wildman–Crippen LogP) is 2.94. The number of aromatic nitrogens is 2. The quantitative estimate of drug-likeness (QED) is 0.867. The first kappa shape index (κ1) is 13.0. The highest BCUT2D eigenvalue weighted by Crippen LogP contribution is 2.31. The molecule has 3 heterocycles. The molecule has 2 aromatic heterocycles. The van der Waals surface area contributed by atoms with Crippen LogP contribution in [0.25, 0.3) is 10.2 Å². The fraction of sp³-hybridized carbons (Fsp3) is 0.538. The molecule has 1 saturated heterocycles. The van der Waals surface area contributed by atoms with E-state index in [-0.39, 0.29) is 11.0 Å². The van der Waals surface area contributed by atoms with E-state index in [2.05, 4.69) is 11.9 Å². The van der Waals surface area contributed by atoms with Crippen molar-refractivity contribution in [3.05, 3.63) is 26.6 Å². The molecule has 0 aliphatic carbocycles. The molecule has 0 spiro atoms. The molecule has 102 valence electrons. The molecule has 1 aliphatic heterocycles. The van der Waals surface area contributed by atoms with E-state index in [9.17, 15) is 4.79 Å². The molecule has 1 fully saturated rings. The van der Waals surface area contributed by atoms with E-state index in [1.807, 2.05) is 11.4 Å². The minimum atomic E-state index is 0.0210. The van der Waals surface area contributed by atoms with E-state index in [1.165, 1.54) is 11.3 Å². The minimum absolute atomic E-state index is 0.0210. The maximum absolute atomic E-state index is 12.5. The van der Waals surface area contributed by atoms with Crippen LogP contribution < -0.4 is 5.56 Å². The average Bonchev–Trinajstić information content (AvgIpc) is 2.83. The van der Waals surface area contributed by atoms with Crippen LogP contribution in [-0.2, 0) is 11.3 Å². The van der Waals surface area contributed by atoms with Crippen LogP contribution >= 0.6 is 23.6 Å². The lowest BCUT2D eigenvalue weighted by Gasteiger charge is -2.33. The number of hydrogen-bond acceptors (Lipinski definition) is 4. The van der Waals surface area contributed by atoms with E-state index in [0.717, 1.165) is 36.3 Å². The van der Waals surface area contributed by atoms with Crippen LogP contribution in [0.2, 0.25) is 0 Å². The summed E-state index contributed by atoms with van der Waals surface area (Å²) in [4.78, 5) is 16.5. The molecular formula is C13H16N2O2S2. The molecular weight excluding hydrogens is 280 g/mol. The third kappa shape index (κ3) is 2.40. The number of rotatable bonds is 2. The first-order valence-corrected chi connectivity index (χ1v) is 7.66. The summed E-state index contributed by atoms with van der Waals surface area (Å²) in [5.41, 5.74) is 0.111. The zero-order valence-corrected chi connectivity index (χ0v) is 12.4. The van der Waals surface area contributed by atoms with Crippen LogP contribution in [-0.4, -0.2) is 22.8 Å². The van der Waals surface area contributed by atoms with Crippen molar-refractivity contribution in [3.8, 4) is 0 Å². The average molecular weight is 296 g/mol. The summed E-state index contributed by atoms with van der Waals surface area (Å²) in [5, 5.41) is 2.65. The molecule has 1 aliphatic rings. The minimum Gasteiger partial charge on any atom is -0.381 e. The molecule has 0 amide bonds. The van der Waals surface area contributed by atoms with Gasteiger partial charge in [0.2, 0.25) is 0 Å². The van der Waals surface area contributed by atoms with Crippen molar-refractivity contribution in [1.82, 2.24) is 9.55 Å². The first-order valence-electron chi connectivity index (χ1n) is 6.37. The van der Waals surface area contributed by atoms with Crippen LogP contribution in [0.3, 0.4) is 0 Å². The number of fused-ring (bicyclic) bond motifs is 1. The van der Waals surface area contributed by atoms with Gasteiger partial charge in [0.15, 0.2) is 4.77 Å². The zero-order valence-electron chi connectivity index (χ0n) is 10.8. The highest BCUT2D eigenvalue weighted by molar-refractivity contribution is 7.71. The first-order chi connectivity index (χ1) is 9.09. The lowest BCUT2D eigenvalue weighted by molar-refractivity contribution is 0.0148. The van der Waals surface area contributed by atoms with E-state index >= 15 is 0 Å². The maximum atomic E-state index is 12.5. The second-order valence-corrected chi connectivity index (χ2v) is 6.71. The molecule has 6 heteroatoms. The van der Waals surface area contributed by atoms with E-state index in [0.29, 0.717) is 11.3 Å². The molecule has 0 unspecified atom stereocenters. The molecule has 2 aromatic rings. The van der Waals surface area contributed by atoms with Crippen LogP contribution in [0.15, 0.2) is 16.2 Å². The van der Waals surface area contributed by atoms with Gasteiger partial charge in [-0.05, 0) is 41.9 Å². The molecule has 19 heavy (non-hydrogen) atoms. The lowest BCUT2D eigenvalue weighted by atomic mass is 9.82. The van der Waals surface area contributed by atoms with Gasteiger partial charge in [-0.3, -0.25) is 9.36 Å². The topological polar surface area (TPSA) is 47.0 Å². The van der Waals surface area contributed by atoms with Crippen molar-refractivity contribution in [2.45, 2.75) is 26.3 Å². The molecule has 4 nitrogen and oxygen atoms in total. The van der Waals surface area contributed by atoms with Gasteiger partial charge < -0.3 is 9.72 Å². The predicted molar refractivity (Wildman–Crippen MR) is 79.4 cm³/mol. The Hall–Kier alpha value is -0.980. The Labute approximate surface area is 120 Å². The van der Waals surface area contributed by atoms with Gasteiger partial charge in [-0.25, -0.2) is 0 Å². The molecule has 0 atom stereocenters. The summed E-state index contributed by atoms with van der Waals surface area (Å²) < 4.78 is 7.63. The lowest BCUT2D eigenvalue weighted by Crippen LogP contribution is -2.35. The smallest absolute Gasteiger partial charge is 0.263 e. The van der Waals surface area contributed by atoms with E-state index in [1.54, 1.807) is 4.57 Å². The molecule has 0 bridgehead atoms. The standard InChI is InChI=1S/C13H16N2O2S2/c1-13(3-5-17-6-4-13)8-15-11(16)9-2-7-19-10(9)14-12(15)18/h2,7H,3-6,8H2,1H3,(H,14,18). The van der Waals surface area contributed by atoms with Crippen molar-refractivity contribution < 1.29 is 4.74 Å². The third-order valence-corrected chi connectivity index (χ3v) is 5.00. The Kier molecular flexibility index (Phi) is 3.32. The molecule has 0 saturated carbocycles. The second-order valence-electron chi connectivity index (χ2n) is 5.41. The summed E-state index contributed by atoms with van der Waals surface area (Å²) in [6, 6.07) is 1.86. The molecule has 0 aromatic carbocycles. The Morgan fingerprint density at radius 1 is 1.53 bits per heavy atom. The van der Waals surface area contributed by atoms with Crippen LogP contribution in [0.4, 0.5) is 0 Å². The fourth-order valence-electron chi connectivity index (χ4n) is 2.52. The van der Waals surface area contributed by atoms with Gasteiger partial charge in [0.25, 0.3) is 5.56 Å². The van der Waals surface area contributed by atoms with Crippen molar-refractivity contribution in [3.63, 3.8) is 0 Å². The van der Waals surface area contributed by atoms with Gasteiger partial charge in [-0.1, -0.05) is 6.92 Å². The van der Waals surface area contributed by atoms with Crippen LogP contribution in [0.1, 0.15) is 19.8 Å². The normalized spacial score (nSPS) is 18.8. The summed E-state index contributed by atoms with van der Waals surface area (Å²) in [7, 11) is 0. The van der Waals surface area contributed by atoms with Crippen molar-refractivity contribution in [2.24, 2.45) is 5.41 Å².